The van der Waals surface area contributed by atoms with Crippen molar-refractivity contribution in [1.82, 2.24) is 4.98 Å². The Morgan fingerprint density at radius 1 is 1.58 bits per heavy atom. The molecule has 0 aromatic carbocycles. The Labute approximate surface area is 114 Å². The van der Waals surface area contributed by atoms with Gasteiger partial charge in [0.2, 0.25) is 0 Å². The molecule has 2 unspecified atom stereocenters. The van der Waals surface area contributed by atoms with Crippen LogP contribution in [0.2, 0.25) is 0 Å². The van der Waals surface area contributed by atoms with Crippen LogP contribution in [0.5, 0.6) is 0 Å². The zero-order valence-electron chi connectivity index (χ0n) is 11.8. The molecule has 1 saturated carbocycles. The molecule has 0 saturated heterocycles. The number of rotatable bonds is 4. The van der Waals surface area contributed by atoms with Crippen LogP contribution in [0.15, 0.2) is 18.5 Å². The highest BCUT2D eigenvalue weighted by Gasteiger charge is 2.32. The normalized spacial score (nSPS) is 28.9. The molecule has 0 spiro atoms. The lowest BCUT2D eigenvalue weighted by molar-refractivity contribution is -0.000813. The Kier molecular flexibility index (Phi) is 4.42. The van der Waals surface area contributed by atoms with E-state index < -0.39 is 11.7 Å². The topological polar surface area (TPSA) is 65.4 Å². The molecule has 1 aromatic rings. The van der Waals surface area contributed by atoms with Gasteiger partial charge in [-0.05, 0) is 31.7 Å². The average molecular weight is 264 g/mol. The molecular formula is C15H24N2O2. The van der Waals surface area contributed by atoms with Crippen molar-refractivity contribution in [2.75, 3.05) is 11.9 Å². The third-order valence-corrected chi connectivity index (χ3v) is 3.98. The van der Waals surface area contributed by atoms with Gasteiger partial charge in [-0.1, -0.05) is 19.8 Å². The monoisotopic (exact) mass is 264 g/mol. The van der Waals surface area contributed by atoms with Crippen molar-refractivity contribution in [2.45, 2.75) is 51.2 Å². The summed E-state index contributed by atoms with van der Waals surface area (Å²) in [5.74, 6) is 0.578. The minimum Gasteiger partial charge on any atom is -0.389 e. The molecule has 3 atom stereocenters. The second kappa shape index (κ2) is 5.88. The number of anilines is 1. The van der Waals surface area contributed by atoms with Gasteiger partial charge in [-0.15, -0.1) is 0 Å². The minimum atomic E-state index is -0.628. The molecule has 1 heterocycles. The number of nitrogens with one attached hydrogen (secondary N) is 1. The van der Waals surface area contributed by atoms with Gasteiger partial charge in [0.1, 0.15) is 0 Å². The third kappa shape index (κ3) is 3.67. The molecule has 0 bridgehead atoms. The molecule has 0 radical (unpaired) electrons. The first kappa shape index (κ1) is 14.3. The first-order valence-electron chi connectivity index (χ1n) is 7.08. The van der Waals surface area contributed by atoms with Gasteiger partial charge in [0.25, 0.3) is 0 Å². The zero-order valence-corrected chi connectivity index (χ0v) is 11.8. The highest BCUT2D eigenvalue weighted by atomic mass is 16.3. The second-order valence-electron chi connectivity index (χ2n) is 5.92. The van der Waals surface area contributed by atoms with E-state index >= 15 is 0 Å². The van der Waals surface area contributed by atoms with Crippen LogP contribution in [0.3, 0.4) is 0 Å². The molecule has 4 heteroatoms. The quantitative estimate of drug-likeness (QED) is 0.781. The Bertz CT molecular complexity index is 422. The van der Waals surface area contributed by atoms with Crippen molar-refractivity contribution in [1.29, 1.82) is 0 Å². The molecule has 2 rings (SSSR count). The molecule has 106 valence electrons. The van der Waals surface area contributed by atoms with Gasteiger partial charge in [-0.2, -0.15) is 0 Å². The largest absolute Gasteiger partial charge is 0.389 e. The lowest BCUT2D eigenvalue weighted by Crippen LogP contribution is -2.41. The summed E-state index contributed by atoms with van der Waals surface area (Å²) in [6.45, 7) is 4.44. The molecule has 0 aliphatic heterocycles. The summed E-state index contributed by atoms with van der Waals surface area (Å²) in [6, 6.07) is 1.84. The van der Waals surface area contributed by atoms with E-state index in [1.54, 1.807) is 19.3 Å². The van der Waals surface area contributed by atoms with Crippen molar-refractivity contribution in [3.05, 3.63) is 24.0 Å². The van der Waals surface area contributed by atoms with Crippen molar-refractivity contribution < 1.29 is 10.2 Å². The number of hydrogen-bond donors (Lipinski definition) is 3. The van der Waals surface area contributed by atoms with E-state index in [2.05, 4.69) is 17.2 Å². The summed E-state index contributed by atoms with van der Waals surface area (Å²) in [5, 5.41) is 23.6. The summed E-state index contributed by atoms with van der Waals surface area (Å²) < 4.78 is 0. The number of hydrogen-bond acceptors (Lipinski definition) is 4. The summed E-state index contributed by atoms with van der Waals surface area (Å²) in [4.78, 5) is 4.03. The summed E-state index contributed by atoms with van der Waals surface area (Å²) in [6.07, 6.45) is 6.78. The number of nitrogens with zero attached hydrogens (tertiary/aromatic N) is 1. The number of pyridine rings is 1. The van der Waals surface area contributed by atoms with E-state index in [1.165, 1.54) is 6.42 Å². The Morgan fingerprint density at radius 2 is 2.37 bits per heavy atom. The van der Waals surface area contributed by atoms with E-state index in [4.69, 9.17) is 0 Å². The van der Waals surface area contributed by atoms with E-state index in [-0.39, 0.29) is 0 Å². The van der Waals surface area contributed by atoms with Crippen molar-refractivity contribution in [3.63, 3.8) is 0 Å². The average Bonchev–Trinajstić information content (AvgIpc) is 2.36. The molecule has 0 amide bonds. The standard InChI is InChI=1S/C15H24N2O2/c1-11-4-3-6-15(19,8-11)10-17-14-5-7-16-9-13(14)12(2)18/h5,7,9,11-12,18-19H,3-4,6,8,10H2,1-2H3,(H,16,17)/t11?,12-,15?/m1/s1. The zero-order chi connectivity index (χ0) is 13.9. The minimum absolute atomic E-state index is 0.529. The van der Waals surface area contributed by atoms with Crippen molar-refractivity contribution >= 4 is 5.69 Å². The molecule has 4 nitrogen and oxygen atoms in total. The van der Waals surface area contributed by atoms with E-state index in [0.717, 1.165) is 30.5 Å². The summed E-state index contributed by atoms with van der Waals surface area (Å²) in [7, 11) is 0. The lowest BCUT2D eigenvalue weighted by atomic mass is 9.79. The second-order valence-corrected chi connectivity index (χ2v) is 5.92. The number of aliphatic hydroxyl groups excluding tert-OH is 1. The smallest absolute Gasteiger partial charge is 0.0821 e. The molecule has 3 N–H and O–H groups in total. The van der Waals surface area contributed by atoms with Crippen LogP contribution in [-0.4, -0.2) is 27.3 Å². The van der Waals surface area contributed by atoms with Crippen LogP contribution in [0.4, 0.5) is 5.69 Å². The van der Waals surface area contributed by atoms with Gasteiger partial charge in [-0.3, -0.25) is 4.98 Å². The van der Waals surface area contributed by atoms with Crippen molar-refractivity contribution in [2.24, 2.45) is 5.92 Å². The number of aliphatic hydroxyl groups is 2. The molecular weight excluding hydrogens is 240 g/mol. The summed E-state index contributed by atoms with van der Waals surface area (Å²) in [5.41, 5.74) is 1.00. The highest BCUT2D eigenvalue weighted by Crippen LogP contribution is 2.32. The fourth-order valence-corrected chi connectivity index (χ4v) is 2.95. The molecule has 1 fully saturated rings. The van der Waals surface area contributed by atoms with Gasteiger partial charge in [0, 0.05) is 30.2 Å². The third-order valence-electron chi connectivity index (χ3n) is 3.98. The predicted octanol–water partition coefficient (Wildman–Crippen LogP) is 2.49. The van der Waals surface area contributed by atoms with Crippen LogP contribution >= 0.6 is 0 Å². The Morgan fingerprint density at radius 3 is 3.05 bits per heavy atom. The summed E-state index contributed by atoms with van der Waals surface area (Å²) >= 11 is 0. The predicted molar refractivity (Wildman–Crippen MR) is 75.9 cm³/mol. The van der Waals surface area contributed by atoms with Gasteiger partial charge in [0.15, 0.2) is 0 Å². The SMILES string of the molecule is CC1CCCC(O)(CNc2ccncc2[C@@H](C)O)C1. The maximum atomic E-state index is 10.6. The highest BCUT2D eigenvalue weighted by molar-refractivity contribution is 5.50. The maximum Gasteiger partial charge on any atom is 0.0821 e. The molecule has 19 heavy (non-hydrogen) atoms. The fourth-order valence-electron chi connectivity index (χ4n) is 2.95. The Balaban J connectivity index is 2.02. The van der Waals surface area contributed by atoms with Crippen LogP contribution in [-0.2, 0) is 0 Å². The van der Waals surface area contributed by atoms with Gasteiger partial charge in [0.05, 0.1) is 11.7 Å². The number of aromatic nitrogens is 1. The van der Waals surface area contributed by atoms with Crippen LogP contribution in [0.1, 0.15) is 51.2 Å². The maximum absolute atomic E-state index is 10.6. The van der Waals surface area contributed by atoms with Crippen molar-refractivity contribution in [3.8, 4) is 0 Å². The van der Waals surface area contributed by atoms with Gasteiger partial charge in [-0.25, -0.2) is 0 Å². The van der Waals surface area contributed by atoms with Gasteiger partial charge >= 0.3 is 0 Å². The molecule has 1 aliphatic rings. The fraction of sp³-hybridized carbons (Fsp3) is 0.667. The van der Waals surface area contributed by atoms with E-state index in [0.29, 0.717) is 12.5 Å². The van der Waals surface area contributed by atoms with Crippen LogP contribution < -0.4 is 5.32 Å². The lowest BCUT2D eigenvalue weighted by Gasteiger charge is -2.36. The molecule has 1 aromatic heterocycles. The van der Waals surface area contributed by atoms with Crippen LogP contribution in [0, 0.1) is 5.92 Å². The van der Waals surface area contributed by atoms with E-state index in [9.17, 15) is 10.2 Å². The van der Waals surface area contributed by atoms with E-state index in [1.807, 2.05) is 6.07 Å². The Hall–Kier alpha value is -1.13. The molecule has 1 aliphatic carbocycles. The first-order valence-corrected chi connectivity index (χ1v) is 7.08. The van der Waals surface area contributed by atoms with Crippen LogP contribution in [0.25, 0.3) is 0 Å². The van der Waals surface area contributed by atoms with Gasteiger partial charge < -0.3 is 15.5 Å². The first-order chi connectivity index (χ1) is 9.00.